The van der Waals surface area contributed by atoms with Gasteiger partial charge in [-0.2, -0.15) is 13.2 Å². The van der Waals surface area contributed by atoms with Crippen LogP contribution < -0.4 is 0 Å². The monoisotopic (exact) mass is 326 g/mol. The van der Waals surface area contributed by atoms with Crippen molar-refractivity contribution in [2.75, 3.05) is 26.7 Å². The van der Waals surface area contributed by atoms with Gasteiger partial charge in [0.1, 0.15) is 6.54 Å². The predicted octanol–water partition coefficient (Wildman–Crippen LogP) is 1.10. The quantitative estimate of drug-likeness (QED) is 0.788. The number of alkyl halides is 3. The van der Waals surface area contributed by atoms with E-state index >= 15 is 0 Å². The lowest BCUT2D eigenvalue weighted by molar-refractivity contribution is -0.141. The zero-order chi connectivity index (χ0) is 17.1. The largest absolute Gasteiger partial charge is 0.481 e. The van der Waals surface area contributed by atoms with E-state index in [1.807, 2.05) is 0 Å². The fourth-order valence-electron chi connectivity index (χ4n) is 2.58. The van der Waals surface area contributed by atoms with E-state index < -0.39 is 42.5 Å². The van der Waals surface area contributed by atoms with Gasteiger partial charge in [-0.3, -0.25) is 9.59 Å². The van der Waals surface area contributed by atoms with Crippen LogP contribution in [0.5, 0.6) is 0 Å². The van der Waals surface area contributed by atoms with Gasteiger partial charge < -0.3 is 20.0 Å². The maximum Gasteiger partial charge on any atom is 0.406 e. The Kier molecular flexibility index (Phi) is 5.61. The van der Waals surface area contributed by atoms with Crippen molar-refractivity contribution in [3.8, 4) is 0 Å². The Hall–Kier alpha value is -2.00. The molecule has 2 amide bonds. The number of likely N-dealkylation sites (tertiary alicyclic amines) is 1. The summed E-state index contributed by atoms with van der Waals surface area (Å²) in [5, 5.41) is 17.6. The van der Waals surface area contributed by atoms with Crippen molar-refractivity contribution in [2.24, 2.45) is 11.8 Å². The average molecular weight is 326 g/mol. The minimum absolute atomic E-state index is 0.0642. The molecule has 0 bridgehead atoms. The first-order valence-corrected chi connectivity index (χ1v) is 6.50. The highest BCUT2D eigenvalue weighted by Crippen LogP contribution is 2.30. The SMILES string of the molecule is CN(CC(F)(F)F)C(=O)N1C[C@@H](CC(=O)O)[C@H](CC(=O)O)C1. The molecule has 10 heteroatoms. The third-order valence-corrected chi connectivity index (χ3v) is 3.46. The summed E-state index contributed by atoms with van der Waals surface area (Å²) in [7, 11) is 0.993. The first kappa shape index (κ1) is 18.1. The Morgan fingerprint density at radius 1 is 1.09 bits per heavy atom. The molecule has 1 aliphatic rings. The van der Waals surface area contributed by atoms with Crippen molar-refractivity contribution in [3.05, 3.63) is 0 Å². The summed E-state index contributed by atoms with van der Waals surface area (Å²) in [6.45, 7) is -1.55. The molecule has 0 radical (unpaired) electrons. The Bertz CT molecular complexity index is 431. The van der Waals surface area contributed by atoms with Crippen molar-refractivity contribution in [1.29, 1.82) is 0 Å². The van der Waals surface area contributed by atoms with Crippen molar-refractivity contribution in [2.45, 2.75) is 19.0 Å². The van der Waals surface area contributed by atoms with Gasteiger partial charge in [-0.05, 0) is 11.8 Å². The Labute approximate surface area is 124 Å². The lowest BCUT2D eigenvalue weighted by Gasteiger charge is -2.25. The van der Waals surface area contributed by atoms with Crippen LogP contribution in [0.4, 0.5) is 18.0 Å². The van der Waals surface area contributed by atoms with Crippen molar-refractivity contribution in [3.63, 3.8) is 0 Å². The smallest absolute Gasteiger partial charge is 0.406 e. The summed E-state index contributed by atoms with van der Waals surface area (Å²) in [6, 6.07) is -0.888. The first-order valence-electron chi connectivity index (χ1n) is 6.50. The number of hydrogen-bond donors (Lipinski definition) is 2. The molecule has 0 aromatic carbocycles. The average Bonchev–Trinajstić information content (AvgIpc) is 2.67. The van der Waals surface area contributed by atoms with Crippen LogP contribution in [-0.2, 0) is 9.59 Å². The molecular weight excluding hydrogens is 309 g/mol. The lowest BCUT2D eigenvalue weighted by atomic mass is 9.90. The third-order valence-electron chi connectivity index (χ3n) is 3.46. The number of nitrogens with zero attached hydrogens (tertiary/aromatic N) is 2. The van der Waals surface area contributed by atoms with Crippen molar-refractivity contribution < 1.29 is 37.8 Å². The Morgan fingerprint density at radius 2 is 1.50 bits per heavy atom. The van der Waals surface area contributed by atoms with Crippen LogP contribution in [0.1, 0.15) is 12.8 Å². The second-order valence-corrected chi connectivity index (χ2v) is 5.37. The first-order chi connectivity index (χ1) is 9.99. The molecule has 0 aromatic rings. The van der Waals surface area contributed by atoms with Gasteiger partial charge in [0.15, 0.2) is 0 Å². The van der Waals surface area contributed by atoms with E-state index in [1.165, 1.54) is 0 Å². The van der Waals surface area contributed by atoms with Crippen LogP contribution in [0.15, 0.2) is 0 Å². The number of halogens is 3. The number of urea groups is 1. The number of rotatable bonds is 5. The van der Waals surface area contributed by atoms with Crippen LogP contribution in [0.25, 0.3) is 0 Å². The zero-order valence-electron chi connectivity index (χ0n) is 11.8. The molecule has 1 rings (SSSR count). The predicted molar refractivity (Wildman–Crippen MR) is 67.1 cm³/mol. The molecule has 0 aromatic heterocycles. The van der Waals surface area contributed by atoms with Crippen LogP contribution in [0, 0.1) is 11.8 Å². The highest BCUT2D eigenvalue weighted by atomic mass is 19.4. The summed E-state index contributed by atoms with van der Waals surface area (Å²) in [6.07, 6.45) is -5.19. The minimum Gasteiger partial charge on any atom is -0.481 e. The molecule has 0 aliphatic carbocycles. The van der Waals surface area contributed by atoms with Crippen LogP contribution in [-0.4, -0.2) is 70.8 Å². The molecule has 22 heavy (non-hydrogen) atoms. The maximum atomic E-state index is 12.3. The molecule has 0 unspecified atom stereocenters. The zero-order valence-corrected chi connectivity index (χ0v) is 11.8. The van der Waals surface area contributed by atoms with Crippen LogP contribution in [0.3, 0.4) is 0 Å². The summed E-state index contributed by atoms with van der Waals surface area (Å²) < 4.78 is 36.8. The third kappa shape index (κ3) is 5.41. The van der Waals surface area contributed by atoms with E-state index in [9.17, 15) is 27.6 Å². The van der Waals surface area contributed by atoms with Gasteiger partial charge >= 0.3 is 24.1 Å². The van der Waals surface area contributed by atoms with E-state index in [-0.39, 0.29) is 25.9 Å². The summed E-state index contributed by atoms with van der Waals surface area (Å²) in [5.41, 5.74) is 0. The lowest BCUT2D eigenvalue weighted by Crippen LogP contribution is -2.44. The van der Waals surface area contributed by atoms with Gasteiger partial charge in [0.2, 0.25) is 0 Å². The molecule has 1 fully saturated rings. The molecule has 1 aliphatic heterocycles. The second kappa shape index (κ2) is 6.84. The minimum atomic E-state index is -4.54. The van der Waals surface area contributed by atoms with E-state index in [0.717, 1.165) is 11.9 Å². The molecule has 1 saturated heterocycles. The molecular formula is C12H17F3N2O5. The number of amides is 2. The van der Waals surface area contributed by atoms with Crippen LogP contribution in [0.2, 0.25) is 0 Å². The Morgan fingerprint density at radius 3 is 1.82 bits per heavy atom. The van der Waals surface area contributed by atoms with Crippen molar-refractivity contribution >= 4 is 18.0 Å². The van der Waals surface area contributed by atoms with E-state index in [0.29, 0.717) is 4.90 Å². The van der Waals surface area contributed by atoms with Gasteiger partial charge in [-0.15, -0.1) is 0 Å². The van der Waals surface area contributed by atoms with E-state index in [2.05, 4.69) is 0 Å². The number of carboxylic acids is 2. The molecule has 0 spiro atoms. The van der Waals surface area contributed by atoms with E-state index in [4.69, 9.17) is 10.2 Å². The number of carboxylic acid groups (broad SMARTS) is 2. The normalized spacial score (nSPS) is 21.7. The highest BCUT2D eigenvalue weighted by Gasteiger charge is 2.40. The van der Waals surface area contributed by atoms with Crippen LogP contribution >= 0.6 is 0 Å². The number of carbonyl (C=O) groups is 3. The summed E-state index contributed by atoms with van der Waals surface area (Å²) in [5.74, 6) is -3.45. The van der Waals surface area contributed by atoms with Gasteiger partial charge in [0.05, 0.1) is 12.8 Å². The number of hydrogen-bond acceptors (Lipinski definition) is 3. The number of carbonyl (C=O) groups excluding carboxylic acids is 1. The van der Waals surface area contributed by atoms with E-state index in [1.54, 1.807) is 0 Å². The van der Waals surface area contributed by atoms with Crippen molar-refractivity contribution in [1.82, 2.24) is 9.80 Å². The molecule has 126 valence electrons. The molecule has 0 saturated carbocycles. The summed E-state index contributed by atoms with van der Waals surface area (Å²) >= 11 is 0. The topological polar surface area (TPSA) is 98.2 Å². The van der Waals surface area contributed by atoms with Gasteiger partial charge in [-0.25, -0.2) is 4.79 Å². The molecule has 7 nitrogen and oxygen atoms in total. The van der Waals surface area contributed by atoms with Gasteiger partial charge in [0, 0.05) is 20.1 Å². The fraction of sp³-hybridized carbons (Fsp3) is 0.750. The second-order valence-electron chi connectivity index (χ2n) is 5.37. The fourth-order valence-corrected chi connectivity index (χ4v) is 2.58. The molecule has 1 heterocycles. The maximum absolute atomic E-state index is 12.3. The highest BCUT2D eigenvalue weighted by molar-refractivity contribution is 5.75. The summed E-state index contributed by atoms with van der Waals surface area (Å²) in [4.78, 5) is 35.1. The molecule has 2 N–H and O–H groups in total. The standard InChI is InChI=1S/C12H17F3N2O5/c1-16(6-12(13,14)15)11(22)17-4-7(2-9(18)19)8(5-17)3-10(20)21/h7-8H,2-6H2,1H3,(H,18,19)(H,20,21)/t7-,8-/m1/s1. The Balaban J connectivity index is 2.74. The number of aliphatic carboxylic acids is 2. The van der Waals surface area contributed by atoms with Gasteiger partial charge in [-0.1, -0.05) is 0 Å². The van der Waals surface area contributed by atoms with Gasteiger partial charge in [0.25, 0.3) is 0 Å². The molecule has 2 atom stereocenters.